The van der Waals surface area contributed by atoms with E-state index in [1.807, 2.05) is 25.1 Å². The van der Waals surface area contributed by atoms with Gasteiger partial charge in [-0.15, -0.1) is 0 Å². The fraction of sp³-hybridized carbons (Fsp3) is 0.400. The number of hydrogen-bond acceptors (Lipinski definition) is 3. The fourth-order valence-electron chi connectivity index (χ4n) is 6.59. The minimum Gasteiger partial charge on any atom is -0.508 e. The van der Waals surface area contributed by atoms with Crippen molar-refractivity contribution < 1.29 is 14.7 Å². The zero-order valence-electron chi connectivity index (χ0n) is 21.0. The second kappa shape index (κ2) is 9.35. The minimum atomic E-state index is -0.996. The number of phenolic OH excluding ortho intramolecular Hbond substituents is 1. The van der Waals surface area contributed by atoms with Gasteiger partial charge in [0.25, 0.3) is 5.91 Å². The number of aromatic hydroxyl groups is 1. The molecule has 37 heavy (non-hydrogen) atoms. The molecular formula is C30H32BrN3O3. The first-order valence-corrected chi connectivity index (χ1v) is 14.1. The summed E-state index contributed by atoms with van der Waals surface area (Å²) in [5, 5.41) is 11.4. The van der Waals surface area contributed by atoms with Gasteiger partial charge in [0, 0.05) is 34.0 Å². The van der Waals surface area contributed by atoms with Gasteiger partial charge in [0.15, 0.2) is 0 Å². The summed E-state index contributed by atoms with van der Waals surface area (Å²) in [6.45, 7) is 2.35. The monoisotopic (exact) mass is 561 g/mol. The Morgan fingerprint density at radius 2 is 1.89 bits per heavy atom. The number of urea groups is 1. The van der Waals surface area contributed by atoms with Gasteiger partial charge in [0.1, 0.15) is 17.3 Å². The number of aromatic amines is 1. The van der Waals surface area contributed by atoms with Crippen molar-refractivity contribution >= 4 is 38.8 Å². The normalized spacial score (nSPS) is 24.0. The fourth-order valence-corrected chi connectivity index (χ4v) is 6.96. The molecule has 1 saturated heterocycles. The highest BCUT2D eigenvalue weighted by atomic mass is 79.9. The first-order valence-electron chi connectivity index (χ1n) is 13.3. The van der Waals surface area contributed by atoms with Crippen LogP contribution in [0, 0.1) is 5.92 Å². The van der Waals surface area contributed by atoms with Crippen molar-refractivity contribution in [3.05, 3.63) is 75.9 Å². The van der Waals surface area contributed by atoms with Crippen molar-refractivity contribution in [2.24, 2.45) is 5.92 Å². The van der Waals surface area contributed by atoms with Crippen LogP contribution < -0.4 is 0 Å². The molecule has 0 radical (unpaired) electrons. The smallest absolute Gasteiger partial charge is 0.328 e. The number of imide groups is 1. The third kappa shape index (κ3) is 4.08. The standard InChI is InChI=1S/C30H32BrN3O3/c1-30-18-24-23-17-21(31)13-14-25(23)32-26(24)27(20-11-6-12-22(35)16-20)34(30)29(37)33(28(30)36)15-7-10-19-8-4-2-3-5-9-19/h2-3,6,11-14,16-17,19,27,32,35H,4-5,7-10,15,18H2,1H3/t27-,30+/m1/s1. The average Bonchev–Trinajstić information content (AvgIpc) is 3.14. The number of phenols is 1. The van der Waals surface area contributed by atoms with Crippen LogP contribution in [0.15, 0.2) is 59.1 Å². The number of amides is 3. The Bertz CT molecular complexity index is 1400. The third-order valence-corrected chi connectivity index (χ3v) is 8.95. The van der Waals surface area contributed by atoms with Gasteiger partial charge in [-0.3, -0.25) is 14.6 Å². The molecule has 1 fully saturated rings. The maximum atomic E-state index is 14.0. The highest BCUT2D eigenvalue weighted by Gasteiger charge is 2.60. The molecule has 0 unspecified atom stereocenters. The van der Waals surface area contributed by atoms with Gasteiger partial charge in [-0.2, -0.15) is 0 Å². The second-order valence-corrected chi connectivity index (χ2v) is 11.8. The highest BCUT2D eigenvalue weighted by molar-refractivity contribution is 9.10. The van der Waals surface area contributed by atoms with Crippen LogP contribution in [0.3, 0.4) is 0 Å². The number of aromatic nitrogens is 1. The molecule has 0 saturated carbocycles. The van der Waals surface area contributed by atoms with Crippen molar-refractivity contribution in [1.29, 1.82) is 0 Å². The molecule has 3 amide bonds. The van der Waals surface area contributed by atoms with E-state index in [1.54, 1.807) is 23.1 Å². The molecule has 3 heterocycles. The van der Waals surface area contributed by atoms with Gasteiger partial charge < -0.3 is 10.1 Å². The molecular weight excluding hydrogens is 530 g/mol. The van der Waals surface area contributed by atoms with Crippen LogP contribution in [0.5, 0.6) is 5.75 Å². The molecule has 2 atom stereocenters. The molecule has 3 aromatic rings. The van der Waals surface area contributed by atoms with Gasteiger partial charge in [-0.1, -0.05) is 40.2 Å². The zero-order valence-corrected chi connectivity index (χ0v) is 22.6. The molecule has 192 valence electrons. The molecule has 3 aliphatic rings. The number of H-pyrrole nitrogens is 1. The van der Waals surface area contributed by atoms with E-state index in [4.69, 9.17) is 0 Å². The van der Waals surface area contributed by atoms with E-state index >= 15 is 0 Å². The predicted molar refractivity (Wildman–Crippen MR) is 147 cm³/mol. The Morgan fingerprint density at radius 3 is 2.65 bits per heavy atom. The van der Waals surface area contributed by atoms with Crippen molar-refractivity contribution in [2.75, 3.05) is 6.54 Å². The van der Waals surface area contributed by atoms with E-state index in [1.165, 1.54) is 17.7 Å². The van der Waals surface area contributed by atoms with Crippen LogP contribution in [0.25, 0.3) is 10.9 Å². The Labute approximate surface area is 225 Å². The van der Waals surface area contributed by atoms with Crippen LogP contribution in [-0.2, 0) is 11.2 Å². The van der Waals surface area contributed by atoms with Gasteiger partial charge in [-0.05, 0) is 92.8 Å². The highest BCUT2D eigenvalue weighted by Crippen LogP contribution is 2.49. The largest absolute Gasteiger partial charge is 0.508 e. The van der Waals surface area contributed by atoms with Crippen LogP contribution in [0.1, 0.15) is 68.3 Å². The molecule has 0 spiro atoms. The van der Waals surface area contributed by atoms with E-state index in [2.05, 4.69) is 39.1 Å². The number of nitrogens with one attached hydrogen (secondary N) is 1. The molecule has 1 aliphatic carbocycles. The number of hydrogen-bond donors (Lipinski definition) is 2. The summed E-state index contributed by atoms with van der Waals surface area (Å²) in [4.78, 5) is 34.7. The lowest BCUT2D eigenvalue weighted by molar-refractivity contribution is -0.133. The van der Waals surface area contributed by atoms with Crippen LogP contribution in [-0.4, -0.2) is 43.9 Å². The molecule has 6 nitrogen and oxygen atoms in total. The van der Waals surface area contributed by atoms with Crippen molar-refractivity contribution in [3.63, 3.8) is 0 Å². The topological polar surface area (TPSA) is 76.6 Å². The number of carbonyl (C=O) groups excluding carboxylic acids is 2. The number of benzene rings is 2. The lowest BCUT2D eigenvalue weighted by atomic mass is 9.81. The van der Waals surface area contributed by atoms with Crippen LogP contribution in [0.2, 0.25) is 0 Å². The van der Waals surface area contributed by atoms with E-state index in [0.717, 1.165) is 57.9 Å². The Morgan fingerprint density at radius 1 is 1.11 bits per heavy atom. The molecule has 7 heteroatoms. The average molecular weight is 563 g/mol. The van der Waals surface area contributed by atoms with Gasteiger partial charge >= 0.3 is 6.03 Å². The zero-order chi connectivity index (χ0) is 25.7. The number of halogens is 1. The number of allylic oxidation sites excluding steroid dienone is 2. The summed E-state index contributed by atoms with van der Waals surface area (Å²) in [7, 11) is 0. The Hall–Kier alpha value is -3.06. The Kier molecular flexibility index (Phi) is 6.14. The molecule has 2 aromatic carbocycles. The quantitative estimate of drug-likeness (QED) is 0.264. The van der Waals surface area contributed by atoms with Crippen molar-refractivity contribution in [3.8, 4) is 5.75 Å². The van der Waals surface area contributed by atoms with Crippen molar-refractivity contribution in [1.82, 2.24) is 14.8 Å². The SMILES string of the molecule is C[C@@]12Cc3c([nH]c4ccc(Br)cc34)[C@@H](c3cccc(O)c3)N1C(=O)N(CCCC1CCC=CCC1)C2=O. The molecule has 2 N–H and O–H groups in total. The van der Waals surface area contributed by atoms with Crippen LogP contribution in [0.4, 0.5) is 4.79 Å². The van der Waals surface area contributed by atoms with Gasteiger partial charge in [0.05, 0.1) is 0 Å². The summed E-state index contributed by atoms with van der Waals surface area (Å²) in [5.41, 5.74) is 2.72. The number of carbonyl (C=O) groups is 2. The summed E-state index contributed by atoms with van der Waals surface area (Å²) >= 11 is 3.59. The lowest BCUT2D eigenvalue weighted by Crippen LogP contribution is -2.53. The number of nitrogens with zero attached hydrogens (tertiary/aromatic N) is 2. The first kappa shape index (κ1) is 24.3. The van der Waals surface area contributed by atoms with E-state index in [9.17, 15) is 14.7 Å². The molecule has 0 bridgehead atoms. The van der Waals surface area contributed by atoms with Crippen LogP contribution >= 0.6 is 15.9 Å². The summed E-state index contributed by atoms with van der Waals surface area (Å²) in [6.07, 6.45) is 11.4. The van der Waals surface area contributed by atoms with Gasteiger partial charge in [0.2, 0.25) is 0 Å². The van der Waals surface area contributed by atoms with Gasteiger partial charge in [-0.25, -0.2) is 4.79 Å². The maximum absolute atomic E-state index is 14.0. The first-order chi connectivity index (χ1) is 17.9. The Balaban J connectivity index is 1.36. The van der Waals surface area contributed by atoms with E-state index in [-0.39, 0.29) is 17.7 Å². The minimum absolute atomic E-state index is 0.125. The summed E-state index contributed by atoms with van der Waals surface area (Å²) in [5.74, 6) is 0.656. The molecule has 2 aliphatic heterocycles. The second-order valence-electron chi connectivity index (χ2n) is 10.9. The third-order valence-electron chi connectivity index (χ3n) is 8.46. The molecule has 6 rings (SSSR count). The lowest BCUT2D eigenvalue weighted by Gasteiger charge is -2.42. The summed E-state index contributed by atoms with van der Waals surface area (Å²) < 4.78 is 0.965. The van der Waals surface area contributed by atoms with Crippen molar-refractivity contribution in [2.45, 2.75) is 63.5 Å². The van der Waals surface area contributed by atoms with E-state index < -0.39 is 11.6 Å². The number of rotatable bonds is 5. The predicted octanol–water partition coefficient (Wildman–Crippen LogP) is 6.83. The molecule has 1 aromatic heterocycles. The summed E-state index contributed by atoms with van der Waals surface area (Å²) in [6, 6.07) is 12.4. The van der Waals surface area contributed by atoms with E-state index in [0.29, 0.717) is 18.9 Å². The number of fused-ring (bicyclic) bond motifs is 4. The maximum Gasteiger partial charge on any atom is 0.328 e.